The molecule has 3 aromatic rings. The summed E-state index contributed by atoms with van der Waals surface area (Å²) in [4.78, 5) is 17.0. The minimum Gasteiger partial charge on any atom is -0.495 e. The van der Waals surface area contributed by atoms with Gasteiger partial charge in [0.2, 0.25) is 11.7 Å². The van der Waals surface area contributed by atoms with Gasteiger partial charge in [0, 0.05) is 23.2 Å². The van der Waals surface area contributed by atoms with Gasteiger partial charge in [-0.1, -0.05) is 38.1 Å². The van der Waals surface area contributed by atoms with Gasteiger partial charge in [-0.2, -0.15) is 4.98 Å². The number of nitrogens with one attached hydrogen (secondary N) is 1. The number of nitrogens with two attached hydrogens (primary N) is 1. The number of amides is 1. The molecule has 0 saturated heterocycles. The number of anilines is 2. The fourth-order valence-corrected chi connectivity index (χ4v) is 2.71. The lowest BCUT2D eigenvalue weighted by Crippen LogP contribution is -2.12. The summed E-state index contributed by atoms with van der Waals surface area (Å²) in [6.07, 6.45) is 0.680. The summed E-state index contributed by atoms with van der Waals surface area (Å²) in [5.74, 6) is 1.33. The Morgan fingerprint density at radius 1 is 1.21 bits per heavy atom. The van der Waals surface area contributed by atoms with E-state index in [1.807, 2.05) is 6.07 Å². The quantitative estimate of drug-likeness (QED) is 0.644. The van der Waals surface area contributed by atoms with Crippen molar-refractivity contribution in [2.24, 2.45) is 5.41 Å². The molecular formula is C21H24N4O3. The van der Waals surface area contributed by atoms with E-state index in [0.29, 0.717) is 46.4 Å². The molecule has 0 unspecified atom stereocenters. The average molecular weight is 380 g/mol. The Morgan fingerprint density at radius 2 is 2.00 bits per heavy atom. The third-order valence-corrected chi connectivity index (χ3v) is 4.02. The van der Waals surface area contributed by atoms with Crippen LogP contribution < -0.4 is 15.8 Å². The molecule has 0 aliphatic carbocycles. The zero-order chi connectivity index (χ0) is 20.3. The van der Waals surface area contributed by atoms with Crippen LogP contribution in [0.15, 0.2) is 47.0 Å². The van der Waals surface area contributed by atoms with Crippen molar-refractivity contribution in [2.75, 3.05) is 18.2 Å². The molecule has 1 heterocycles. The zero-order valence-corrected chi connectivity index (χ0v) is 16.4. The van der Waals surface area contributed by atoms with E-state index in [9.17, 15) is 4.79 Å². The maximum absolute atomic E-state index is 12.6. The second-order valence-electron chi connectivity index (χ2n) is 7.74. The number of rotatable bonds is 5. The number of nitrogens with zero attached hydrogens (tertiary/aromatic N) is 2. The Bertz CT molecular complexity index is 989. The minimum absolute atomic E-state index is 0.0474. The van der Waals surface area contributed by atoms with Gasteiger partial charge in [-0.15, -0.1) is 0 Å². The van der Waals surface area contributed by atoms with Crippen molar-refractivity contribution in [1.82, 2.24) is 10.1 Å². The van der Waals surface area contributed by atoms with Gasteiger partial charge in [0.15, 0.2) is 0 Å². The van der Waals surface area contributed by atoms with Gasteiger partial charge in [0.05, 0.1) is 12.8 Å². The highest BCUT2D eigenvalue weighted by Crippen LogP contribution is 2.26. The van der Waals surface area contributed by atoms with Gasteiger partial charge in [-0.3, -0.25) is 4.79 Å². The van der Waals surface area contributed by atoms with Crippen molar-refractivity contribution in [1.29, 1.82) is 0 Å². The Labute approximate surface area is 163 Å². The Kier molecular flexibility index (Phi) is 5.35. The second-order valence-corrected chi connectivity index (χ2v) is 7.74. The van der Waals surface area contributed by atoms with Crippen LogP contribution >= 0.6 is 0 Å². The number of benzene rings is 2. The third kappa shape index (κ3) is 4.68. The molecule has 0 spiro atoms. The van der Waals surface area contributed by atoms with Crippen LogP contribution in [-0.4, -0.2) is 23.2 Å². The van der Waals surface area contributed by atoms with Crippen LogP contribution in [0, 0.1) is 5.41 Å². The molecule has 0 aliphatic heterocycles. The fraction of sp³-hybridized carbons (Fsp3) is 0.286. The number of nitrogen functional groups attached to an aromatic ring is 1. The van der Waals surface area contributed by atoms with Gasteiger partial charge in [0.1, 0.15) is 5.75 Å². The van der Waals surface area contributed by atoms with Crippen LogP contribution in [0.25, 0.3) is 11.4 Å². The van der Waals surface area contributed by atoms with E-state index in [4.69, 9.17) is 15.0 Å². The first-order valence-electron chi connectivity index (χ1n) is 8.93. The van der Waals surface area contributed by atoms with Crippen molar-refractivity contribution >= 4 is 17.3 Å². The first-order chi connectivity index (χ1) is 13.2. The molecule has 0 bridgehead atoms. The number of carbonyl (C=O) groups is 1. The van der Waals surface area contributed by atoms with Crippen molar-refractivity contribution < 1.29 is 14.1 Å². The van der Waals surface area contributed by atoms with Crippen molar-refractivity contribution in [3.05, 3.63) is 53.9 Å². The molecule has 0 aliphatic rings. The van der Waals surface area contributed by atoms with Crippen molar-refractivity contribution in [3.63, 3.8) is 0 Å². The predicted octanol–water partition coefficient (Wildman–Crippen LogP) is 4.17. The number of carbonyl (C=O) groups excluding carboxylic acids is 1. The van der Waals surface area contributed by atoms with Crippen LogP contribution in [0.3, 0.4) is 0 Å². The monoisotopic (exact) mass is 380 g/mol. The van der Waals surface area contributed by atoms with E-state index in [1.165, 1.54) is 0 Å². The smallest absolute Gasteiger partial charge is 0.255 e. The van der Waals surface area contributed by atoms with E-state index in [1.54, 1.807) is 43.5 Å². The highest BCUT2D eigenvalue weighted by atomic mass is 16.5. The van der Waals surface area contributed by atoms with E-state index < -0.39 is 0 Å². The number of hydrogen-bond donors (Lipinski definition) is 2. The van der Waals surface area contributed by atoms with E-state index in [-0.39, 0.29) is 11.3 Å². The number of hydrogen-bond acceptors (Lipinski definition) is 6. The zero-order valence-electron chi connectivity index (χ0n) is 16.4. The number of aromatic nitrogens is 2. The molecule has 0 fully saturated rings. The molecule has 2 aromatic carbocycles. The predicted molar refractivity (Wildman–Crippen MR) is 108 cm³/mol. The average Bonchev–Trinajstić information content (AvgIpc) is 3.08. The lowest BCUT2D eigenvalue weighted by Gasteiger charge is -2.13. The molecule has 0 atom stereocenters. The SMILES string of the molecule is COc1ccc(NC(=O)c2cccc(-c3noc(CC(C)(C)C)n3)c2)cc1N. The molecule has 3 rings (SSSR count). The highest BCUT2D eigenvalue weighted by Gasteiger charge is 2.18. The second kappa shape index (κ2) is 7.72. The molecule has 7 heteroatoms. The molecule has 3 N–H and O–H groups in total. The Balaban J connectivity index is 1.77. The summed E-state index contributed by atoms with van der Waals surface area (Å²) >= 11 is 0. The third-order valence-electron chi connectivity index (χ3n) is 4.02. The first kappa shape index (κ1) is 19.4. The maximum Gasteiger partial charge on any atom is 0.255 e. The largest absolute Gasteiger partial charge is 0.495 e. The first-order valence-corrected chi connectivity index (χ1v) is 8.93. The van der Waals surface area contributed by atoms with Gasteiger partial charge in [-0.25, -0.2) is 0 Å². The number of methoxy groups -OCH3 is 1. The van der Waals surface area contributed by atoms with Crippen LogP contribution in [0.4, 0.5) is 11.4 Å². The van der Waals surface area contributed by atoms with Crippen LogP contribution in [0.5, 0.6) is 5.75 Å². The van der Waals surface area contributed by atoms with Crippen molar-refractivity contribution in [3.8, 4) is 17.1 Å². The molecule has 0 radical (unpaired) electrons. The number of ether oxygens (including phenoxy) is 1. The summed E-state index contributed by atoms with van der Waals surface area (Å²) in [7, 11) is 1.54. The lowest BCUT2D eigenvalue weighted by molar-refractivity contribution is 0.102. The van der Waals surface area contributed by atoms with E-state index in [0.717, 1.165) is 0 Å². The topological polar surface area (TPSA) is 103 Å². The summed E-state index contributed by atoms with van der Waals surface area (Å²) in [6, 6.07) is 12.2. The summed E-state index contributed by atoms with van der Waals surface area (Å²) in [6.45, 7) is 6.31. The maximum atomic E-state index is 12.6. The molecule has 7 nitrogen and oxygen atoms in total. The molecule has 1 aromatic heterocycles. The molecule has 28 heavy (non-hydrogen) atoms. The highest BCUT2D eigenvalue weighted by molar-refractivity contribution is 6.05. The van der Waals surface area contributed by atoms with Gasteiger partial charge >= 0.3 is 0 Å². The van der Waals surface area contributed by atoms with Gasteiger partial charge < -0.3 is 20.3 Å². The Hall–Kier alpha value is -3.35. The summed E-state index contributed by atoms with van der Waals surface area (Å²) in [5, 5.41) is 6.86. The van der Waals surface area contributed by atoms with Crippen molar-refractivity contribution in [2.45, 2.75) is 27.2 Å². The van der Waals surface area contributed by atoms with Crippen LogP contribution in [-0.2, 0) is 6.42 Å². The molecule has 146 valence electrons. The van der Waals surface area contributed by atoms with E-state index >= 15 is 0 Å². The van der Waals surface area contributed by atoms with Gasteiger partial charge in [-0.05, 0) is 35.7 Å². The van der Waals surface area contributed by atoms with Crippen LogP contribution in [0.2, 0.25) is 0 Å². The standard InChI is InChI=1S/C21H24N4O3/c1-21(2,3)12-18-24-19(25-28-18)13-6-5-7-14(10-13)20(26)23-15-8-9-17(27-4)16(22)11-15/h5-11H,12,22H2,1-4H3,(H,23,26). The minimum atomic E-state index is -0.259. The summed E-state index contributed by atoms with van der Waals surface area (Å²) < 4.78 is 10.5. The molecular weight excluding hydrogens is 356 g/mol. The molecule has 0 saturated carbocycles. The van der Waals surface area contributed by atoms with Gasteiger partial charge in [0.25, 0.3) is 5.91 Å². The van der Waals surface area contributed by atoms with Crippen LogP contribution in [0.1, 0.15) is 37.0 Å². The summed E-state index contributed by atoms with van der Waals surface area (Å²) in [5.41, 5.74) is 8.17. The Morgan fingerprint density at radius 3 is 2.68 bits per heavy atom. The lowest BCUT2D eigenvalue weighted by atomic mass is 9.92. The van der Waals surface area contributed by atoms with E-state index in [2.05, 4.69) is 36.2 Å². The normalized spacial score (nSPS) is 11.3. The fourth-order valence-electron chi connectivity index (χ4n) is 2.71. The molecule has 1 amide bonds.